The topological polar surface area (TPSA) is 466 Å². The SMILES string of the molecule is C1COCCO1.C1COCCO1.CN1CCN(c2ccc(N)cn2)CC1.COc1cc(OC)c(Cl)c(-c2cc3cnc(=O)[nH]c3n3cnnc23)c1.COc1cc(OC)c(Cl)c(-c2cc3cnc(Cl)nc3n3cnnc23)c1.COc1cc(OC)c(Cl)c(-c2cc3cnc(Nc4ccc(N5CCN(C)CC5)nc4)nc3n3cnnc23)c1.COc1cc(OC)c(Cl)c(-c2cc3cnc(S(C)(=O)=O)nc3n3cnnc23)c1. The average molecular weight is 2050 g/mol. The van der Waals surface area contributed by atoms with Crippen molar-refractivity contribution in [3.8, 4) is 90.5 Å². The minimum Gasteiger partial charge on any atom is -0.497 e. The van der Waals surface area contributed by atoms with E-state index >= 15 is 0 Å². The number of likely N-dealkylation sites (N-methyl/N-ethyl adjacent to an activating group) is 2. The number of sulfone groups is 1. The van der Waals surface area contributed by atoms with Gasteiger partial charge in [-0.2, -0.15) is 15.0 Å². The number of methoxy groups -OCH3 is 8. The van der Waals surface area contributed by atoms with Crippen molar-refractivity contribution in [2.75, 3.05) is 203 Å². The van der Waals surface area contributed by atoms with Crippen LogP contribution in [0, 0.1) is 0 Å². The number of nitrogens with zero attached hydrogens (tertiary/aromatic N) is 25. The van der Waals surface area contributed by atoms with Gasteiger partial charge in [-0.05, 0) is 98.5 Å². The van der Waals surface area contributed by atoms with Crippen molar-refractivity contribution in [3.63, 3.8) is 0 Å². The summed E-state index contributed by atoms with van der Waals surface area (Å²) < 4.78 is 93.2. The normalized spacial score (nSPS) is 13.9. The molecule has 0 radical (unpaired) electrons. The maximum Gasteiger partial charge on any atom is 0.346 e. The predicted octanol–water partition coefficient (Wildman–Crippen LogP) is 12.8. The van der Waals surface area contributed by atoms with Gasteiger partial charge in [0.1, 0.15) is 88.6 Å². The Bertz CT molecular complexity index is 7690. The summed E-state index contributed by atoms with van der Waals surface area (Å²) in [6, 6.07) is 29.4. The minimum atomic E-state index is -3.56. The number of nitrogen functional groups attached to an aromatic ring is 1. The van der Waals surface area contributed by atoms with Crippen LogP contribution in [-0.2, 0) is 28.8 Å². The van der Waals surface area contributed by atoms with Gasteiger partial charge in [-0.25, -0.2) is 43.1 Å². The van der Waals surface area contributed by atoms with Crippen LogP contribution in [0.2, 0.25) is 25.4 Å². The van der Waals surface area contributed by atoms with Crippen molar-refractivity contribution >= 4 is 164 Å². The first kappa shape index (κ1) is 101. The average Bonchev–Trinajstić information content (AvgIpc) is 1.28. The molecule has 18 heterocycles. The molecule has 0 amide bonds. The highest BCUT2D eigenvalue weighted by Gasteiger charge is 2.27. The Hall–Kier alpha value is -14.4. The smallest absolute Gasteiger partial charge is 0.346 e. The summed E-state index contributed by atoms with van der Waals surface area (Å²) in [5, 5.41) is 40.5. The Balaban J connectivity index is 0.000000126. The molecule has 18 aromatic rings. The highest BCUT2D eigenvalue weighted by atomic mass is 35.5. The van der Waals surface area contributed by atoms with Gasteiger partial charge in [0.2, 0.25) is 26.2 Å². The van der Waals surface area contributed by atoms with Crippen molar-refractivity contribution < 1.29 is 65.3 Å². The molecule has 4 aliphatic rings. The molecular formula is C93H95Cl5N28O15S. The lowest BCUT2D eigenvalue weighted by Crippen LogP contribution is -2.44. The van der Waals surface area contributed by atoms with E-state index in [1.54, 1.807) is 136 Å². The van der Waals surface area contributed by atoms with Gasteiger partial charge in [-0.15, -0.1) is 40.8 Å². The van der Waals surface area contributed by atoms with Crippen LogP contribution in [0.15, 0.2) is 170 Å². The number of nitrogens with one attached hydrogen (secondary N) is 2. The highest BCUT2D eigenvalue weighted by Crippen LogP contribution is 2.47. The van der Waals surface area contributed by atoms with E-state index in [9.17, 15) is 13.2 Å². The Morgan fingerprint density at radius 1 is 0.373 bits per heavy atom. The van der Waals surface area contributed by atoms with Crippen LogP contribution in [0.1, 0.15) is 0 Å². The lowest BCUT2D eigenvalue weighted by molar-refractivity contribution is -0.0334. The highest BCUT2D eigenvalue weighted by molar-refractivity contribution is 7.90. The summed E-state index contributed by atoms with van der Waals surface area (Å²) in [6.45, 7) is 14.5. The van der Waals surface area contributed by atoms with Crippen molar-refractivity contribution in [3.05, 3.63) is 195 Å². The second kappa shape index (κ2) is 45.9. The number of rotatable bonds is 17. The van der Waals surface area contributed by atoms with Crippen molar-refractivity contribution in [1.82, 2.24) is 118 Å². The van der Waals surface area contributed by atoms with Crippen molar-refractivity contribution in [2.45, 2.75) is 5.16 Å². The fourth-order valence-corrected chi connectivity index (χ4v) is 17.1. The Labute approximate surface area is 835 Å². The van der Waals surface area contributed by atoms with Crippen LogP contribution in [0.3, 0.4) is 0 Å². The van der Waals surface area contributed by atoms with Crippen LogP contribution >= 0.6 is 58.0 Å². The fraction of sp³-hybridized carbons (Fsp3) is 0.290. The number of H-pyrrole nitrogens is 1. The number of halogens is 5. The van der Waals surface area contributed by atoms with Crippen LogP contribution in [0.4, 0.5) is 29.0 Å². The maximum atomic E-state index is 11.8. The largest absolute Gasteiger partial charge is 0.497 e. The molecule has 4 saturated heterocycles. The van der Waals surface area contributed by atoms with E-state index < -0.39 is 15.5 Å². The number of hydrogen-bond acceptors (Lipinski definition) is 38. The van der Waals surface area contributed by atoms with E-state index in [1.165, 1.54) is 39.3 Å². The van der Waals surface area contributed by atoms with Gasteiger partial charge in [0, 0.05) is 174 Å². The summed E-state index contributed by atoms with van der Waals surface area (Å²) in [5.74, 6) is 6.74. The molecule has 4 aromatic carbocycles. The van der Waals surface area contributed by atoms with Gasteiger partial charge in [0.15, 0.2) is 39.5 Å². The number of aromatic amines is 1. The molecule has 0 unspecified atom stereocenters. The van der Waals surface area contributed by atoms with Gasteiger partial charge in [0.05, 0.1) is 154 Å². The lowest BCUT2D eigenvalue weighted by Gasteiger charge is -2.33. The zero-order chi connectivity index (χ0) is 99.8. The summed E-state index contributed by atoms with van der Waals surface area (Å²) in [4.78, 5) is 61.9. The third-order valence-electron chi connectivity index (χ3n) is 22.7. The van der Waals surface area contributed by atoms with Gasteiger partial charge < -0.3 is 87.5 Å². The van der Waals surface area contributed by atoms with Gasteiger partial charge in [0.25, 0.3) is 0 Å². The number of fused-ring (bicyclic) bond motifs is 12. The molecular weight excluding hydrogens is 1960 g/mol. The molecule has 0 aliphatic carbocycles. The molecule has 0 saturated carbocycles. The number of nitrogens with two attached hydrogens (primary N) is 1. The first-order valence-corrected chi connectivity index (χ1v) is 47.5. The van der Waals surface area contributed by atoms with E-state index in [1.807, 2.05) is 59.0 Å². The van der Waals surface area contributed by atoms with Crippen LogP contribution in [0.25, 0.3) is 111 Å². The van der Waals surface area contributed by atoms with Crippen LogP contribution in [-0.4, -0.2) is 309 Å². The molecule has 14 aromatic heterocycles. The molecule has 4 fully saturated rings. The van der Waals surface area contributed by atoms with E-state index in [0.717, 1.165) is 156 Å². The van der Waals surface area contributed by atoms with Crippen LogP contribution in [0.5, 0.6) is 46.0 Å². The molecule has 43 nitrogen and oxygen atoms in total. The summed E-state index contributed by atoms with van der Waals surface area (Å²) in [5.41, 5.74) is 16.5. The van der Waals surface area contributed by atoms with Gasteiger partial charge in [-0.3, -0.25) is 22.6 Å². The first-order chi connectivity index (χ1) is 68.9. The third kappa shape index (κ3) is 22.9. The summed E-state index contributed by atoms with van der Waals surface area (Å²) >= 11 is 32.2. The number of piperazine rings is 2. The number of aromatic nitrogens is 22. The molecule has 4 N–H and O–H groups in total. The zero-order valence-corrected chi connectivity index (χ0v) is 83.1. The standard InChI is InChI=1S/C26H26ClN9O2.C17H14ClN5O4S.C16H11Cl2N5O2.C16H12ClN5O3.C10H16N4.2C4H8O2/c1-34-6-8-35(9-7-34)22-5-4-17(14-28-22)31-26-29-13-16-10-20(25-33-30-15-36(25)24(16)32-26)19-11-18(37-2)12-21(38-3)23(19)27;1-26-10-5-11(14(18)13(6-10)27-2)12-4-9-7-19-17(28(3,24)25)21-15(9)23-8-20-22-16(12)23;1-24-9-4-10(13(17)12(5-9)25-2)11-3-8-6-19-16(18)21-14(8)23-7-20-22-15(11)23;1-24-9-4-10(13(17)12(5-9)25-2)11-3-8-6-18-16(23)20-14(8)22-7-19-21-15(11)22;1-13-4-6-14(7-5-13)10-3-2-9(11)8-12-10;2*1-2-6-4-3-5-1/h4-5,10-15H,6-9H2,1-3H3,(H,29,31,32);4-8H,1-3H3;3-7H,1-2H3;3-7H,1-2H3,(H,18,20,23);2-3,8H,4-7,11H2,1H3;2*1-4H2. The molecule has 22 rings (SSSR count). The molecule has 142 heavy (non-hydrogen) atoms. The minimum absolute atomic E-state index is 0.149. The molecule has 0 atom stereocenters. The molecule has 0 spiro atoms. The Kier molecular flexibility index (Phi) is 32.5. The predicted molar refractivity (Wildman–Crippen MR) is 538 cm³/mol. The first-order valence-electron chi connectivity index (χ1n) is 43.7. The number of anilines is 5. The maximum absolute atomic E-state index is 11.8. The Morgan fingerprint density at radius 3 is 1.09 bits per heavy atom. The van der Waals surface area contributed by atoms with Crippen molar-refractivity contribution in [1.29, 1.82) is 0 Å². The van der Waals surface area contributed by atoms with E-state index in [0.29, 0.717) is 161 Å². The monoisotopic (exact) mass is 2050 g/mol. The Morgan fingerprint density at radius 2 is 0.725 bits per heavy atom. The zero-order valence-electron chi connectivity index (χ0n) is 78.5. The molecule has 0 bridgehead atoms. The fourth-order valence-electron chi connectivity index (χ4n) is 15.4. The molecule has 4 aliphatic heterocycles. The second-order valence-electron chi connectivity index (χ2n) is 31.7. The molecule has 49 heteroatoms. The molecule has 738 valence electrons. The third-order valence-corrected chi connectivity index (χ3v) is 25.3. The van der Waals surface area contributed by atoms with Crippen LogP contribution < -0.4 is 64.4 Å². The van der Waals surface area contributed by atoms with E-state index in [2.05, 4.69) is 125 Å². The lowest BCUT2D eigenvalue weighted by atomic mass is 10.0. The number of pyridine rings is 6. The second-order valence-corrected chi connectivity index (χ2v) is 35.5. The summed E-state index contributed by atoms with van der Waals surface area (Å²) in [7, 11) is 13.2. The van der Waals surface area contributed by atoms with Crippen molar-refractivity contribution in [2.24, 2.45) is 0 Å². The van der Waals surface area contributed by atoms with Gasteiger partial charge in [-0.1, -0.05) is 46.4 Å². The number of ether oxygens (including phenoxy) is 12. The number of benzene rings is 4. The van der Waals surface area contributed by atoms with E-state index in [4.69, 9.17) is 126 Å². The van der Waals surface area contributed by atoms with E-state index in [-0.39, 0.29) is 10.4 Å². The number of hydrogen-bond donors (Lipinski definition) is 3. The summed E-state index contributed by atoms with van der Waals surface area (Å²) in [6.07, 6.45) is 17.0. The van der Waals surface area contributed by atoms with Gasteiger partial charge >= 0.3 is 5.69 Å². The quantitative estimate of drug-likeness (QED) is 0.0713.